The summed E-state index contributed by atoms with van der Waals surface area (Å²) in [6, 6.07) is 18.0. The maximum atomic E-state index is 12.4. The molecule has 2 heterocycles. The van der Waals surface area contributed by atoms with Crippen LogP contribution in [0, 0.1) is 5.92 Å². The van der Waals surface area contributed by atoms with Crippen LogP contribution in [0.4, 0.5) is 4.79 Å². The maximum absolute atomic E-state index is 12.4. The van der Waals surface area contributed by atoms with Gasteiger partial charge < -0.3 is 18.9 Å². The van der Waals surface area contributed by atoms with E-state index in [-0.39, 0.29) is 12.1 Å². The average Bonchev–Trinajstić information content (AvgIpc) is 3.23. The molecule has 1 aromatic heterocycles. The van der Waals surface area contributed by atoms with Crippen molar-refractivity contribution >= 4 is 29.0 Å². The predicted octanol–water partition coefficient (Wildman–Crippen LogP) is 5.66. The van der Waals surface area contributed by atoms with Gasteiger partial charge in [0.15, 0.2) is 0 Å². The zero-order valence-corrected chi connectivity index (χ0v) is 19.7. The first-order valence-electron chi connectivity index (χ1n) is 12.0. The molecule has 3 aromatic rings. The number of fused-ring (bicyclic) bond motifs is 1. The van der Waals surface area contributed by atoms with Gasteiger partial charge in [-0.1, -0.05) is 48.5 Å². The van der Waals surface area contributed by atoms with Crippen molar-refractivity contribution in [1.82, 2.24) is 9.47 Å². The molecular weight excluding hydrogens is 428 g/mol. The van der Waals surface area contributed by atoms with Gasteiger partial charge in [-0.15, -0.1) is 0 Å². The molecule has 1 aliphatic heterocycles. The molecule has 1 saturated heterocycles. The summed E-state index contributed by atoms with van der Waals surface area (Å²) in [5.41, 5.74) is 3.17. The molecule has 0 unspecified atom stereocenters. The number of para-hydroxylation sites is 1. The third-order valence-electron chi connectivity index (χ3n) is 6.36. The molecule has 0 atom stereocenters. The highest BCUT2D eigenvalue weighted by molar-refractivity contribution is 5.94. The summed E-state index contributed by atoms with van der Waals surface area (Å²) in [5.74, 6) is 0.242. The fraction of sp³-hybridized carbons (Fsp3) is 0.357. The molecule has 0 bridgehead atoms. The smallest absolute Gasteiger partial charge is 0.410 e. The first-order valence-corrected chi connectivity index (χ1v) is 12.0. The first-order chi connectivity index (χ1) is 16.6. The number of esters is 1. The summed E-state index contributed by atoms with van der Waals surface area (Å²) in [7, 11) is 0. The lowest BCUT2D eigenvalue weighted by Crippen LogP contribution is -2.38. The lowest BCUT2D eigenvalue weighted by Gasteiger charge is -2.31. The Labute approximate surface area is 200 Å². The van der Waals surface area contributed by atoms with Gasteiger partial charge in [0.1, 0.15) is 6.61 Å². The topological polar surface area (TPSA) is 60.8 Å². The lowest BCUT2D eigenvalue weighted by molar-refractivity contribution is -0.137. The largest absolute Gasteiger partial charge is 0.463 e. The minimum Gasteiger partial charge on any atom is -0.463 e. The standard InChI is InChI=1S/C28H32N2O4/c1-2-33-27(31)13-12-24-20-30(26-11-7-6-10-25(24)26)19-16-22-14-17-29(18-15-22)28(32)34-21-23-8-4-3-5-9-23/h3-13,20,22H,2,14-19,21H2,1H3/b13-12+. The summed E-state index contributed by atoms with van der Waals surface area (Å²) in [4.78, 5) is 26.0. The second-order valence-corrected chi connectivity index (χ2v) is 8.64. The Morgan fingerprint density at radius 2 is 1.74 bits per heavy atom. The summed E-state index contributed by atoms with van der Waals surface area (Å²) in [5, 5.41) is 1.12. The van der Waals surface area contributed by atoms with Gasteiger partial charge in [-0.05, 0) is 49.8 Å². The van der Waals surface area contributed by atoms with Gasteiger partial charge in [-0.3, -0.25) is 0 Å². The van der Waals surface area contributed by atoms with Crippen molar-refractivity contribution < 1.29 is 19.1 Å². The Kier molecular flexibility index (Phi) is 8.02. The number of aryl methyl sites for hydroxylation is 1. The van der Waals surface area contributed by atoms with E-state index in [1.54, 1.807) is 6.92 Å². The average molecular weight is 461 g/mol. The zero-order chi connectivity index (χ0) is 23.8. The highest BCUT2D eigenvalue weighted by Crippen LogP contribution is 2.26. The highest BCUT2D eigenvalue weighted by Gasteiger charge is 2.24. The van der Waals surface area contributed by atoms with Crippen molar-refractivity contribution in [3.05, 3.63) is 78.0 Å². The van der Waals surface area contributed by atoms with Gasteiger partial charge in [0.25, 0.3) is 0 Å². The number of piperidine rings is 1. The molecule has 178 valence electrons. The van der Waals surface area contributed by atoms with Gasteiger partial charge in [-0.25, -0.2) is 9.59 Å². The molecule has 0 N–H and O–H groups in total. The molecule has 34 heavy (non-hydrogen) atoms. The van der Waals surface area contributed by atoms with Crippen LogP contribution in [0.2, 0.25) is 0 Å². The van der Waals surface area contributed by atoms with Crippen molar-refractivity contribution in [3.8, 4) is 0 Å². The molecule has 4 rings (SSSR count). The molecule has 0 radical (unpaired) electrons. The SMILES string of the molecule is CCOC(=O)/C=C/c1cn(CCC2CCN(C(=O)OCc3ccccc3)CC2)c2ccccc12. The van der Waals surface area contributed by atoms with E-state index >= 15 is 0 Å². The van der Waals surface area contributed by atoms with E-state index in [0.717, 1.165) is 60.9 Å². The Bertz CT molecular complexity index is 1130. The Balaban J connectivity index is 1.29. The van der Waals surface area contributed by atoms with E-state index < -0.39 is 0 Å². The van der Waals surface area contributed by atoms with E-state index in [9.17, 15) is 9.59 Å². The van der Waals surface area contributed by atoms with Crippen LogP contribution < -0.4 is 0 Å². The van der Waals surface area contributed by atoms with Crippen LogP contribution in [-0.4, -0.2) is 41.2 Å². The quantitative estimate of drug-likeness (QED) is 0.322. The lowest BCUT2D eigenvalue weighted by atomic mass is 9.94. The van der Waals surface area contributed by atoms with Crippen LogP contribution in [0.1, 0.15) is 37.3 Å². The molecule has 6 heteroatoms. The second kappa shape index (κ2) is 11.5. The van der Waals surface area contributed by atoms with Gasteiger partial charge in [0.2, 0.25) is 0 Å². The summed E-state index contributed by atoms with van der Waals surface area (Å²) in [6.45, 7) is 4.85. The molecule has 1 aliphatic rings. The third-order valence-corrected chi connectivity index (χ3v) is 6.36. The number of benzene rings is 2. The molecule has 1 amide bonds. The summed E-state index contributed by atoms with van der Waals surface area (Å²) in [6.07, 6.45) is 8.21. The molecule has 2 aromatic carbocycles. The Morgan fingerprint density at radius 1 is 1.00 bits per heavy atom. The first kappa shape index (κ1) is 23.6. The van der Waals surface area contributed by atoms with Crippen molar-refractivity contribution in [2.45, 2.75) is 39.3 Å². The van der Waals surface area contributed by atoms with Gasteiger partial charge in [0, 0.05) is 48.4 Å². The predicted molar refractivity (Wildman–Crippen MR) is 133 cm³/mol. The van der Waals surface area contributed by atoms with Crippen LogP contribution in [0.5, 0.6) is 0 Å². The number of aromatic nitrogens is 1. The number of likely N-dealkylation sites (tertiary alicyclic amines) is 1. The molecule has 1 fully saturated rings. The summed E-state index contributed by atoms with van der Waals surface area (Å²) < 4.78 is 12.7. The van der Waals surface area contributed by atoms with Gasteiger partial charge in [0.05, 0.1) is 6.61 Å². The number of hydrogen-bond acceptors (Lipinski definition) is 4. The zero-order valence-electron chi connectivity index (χ0n) is 19.7. The van der Waals surface area contributed by atoms with Gasteiger partial charge >= 0.3 is 12.1 Å². The summed E-state index contributed by atoms with van der Waals surface area (Å²) >= 11 is 0. The monoisotopic (exact) mass is 460 g/mol. The fourth-order valence-electron chi connectivity index (χ4n) is 4.48. The molecular formula is C28H32N2O4. The molecule has 6 nitrogen and oxygen atoms in total. The van der Waals surface area contributed by atoms with Crippen LogP contribution in [0.15, 0.2) is 66.9 Å². The highest BCUT2D eigenvalue weighted by atomic mass is 16.6. The fourth-order valence-corrected chi connectivity index (χ4v) is 4.48. The van der Waals surface area contributed by atoms with Crippen LogP contribution >= 0.6 is 0 Å². The van der Waals surface area contributed by atoms with E-state index in [1.807, 2.05) is 53.4 Å². The van der Waals surface area contributed by atoms with Crippen LogP contribution in [-0.2, 0) is 27.4 Å². The van der Waals surface area contributed by atoms with E-state index in [1.165, 1.54) is 6.08 Å². The van der Waals surface area contributed by atoms with Crippen molar-refractivity contribution in [2.75, 3.05) is 19.7 Å². The Hall–Kier alpha value is -3.54. The number of ether oxygens (including phenoxy) is 2. The van der Waals surface area contributed by atoms with E-state index in [0.29, 0.717) is 19.1 Å². The number of carbonyl (C=O) groups excluding carboxylic acids is 2. The maximum Gasteiger partial charge on any atom is 0.410 e. The number of hydrogen-bond donors (Lipinski definition) is 0. The van der Waals surface area contributed by atoms with Crippen molar-refractivity contribution in [1.29, 1.82) is 0 Å². The normalized spacial score (nSPS) is 14.6. The molecule has 0 saturated carbocycles. The number of amides is 1. The minimum atomic E-state index is -0.326. The number of rotatable bonds is 8. The van der Waals surface area contributed by atoms with E-state index in [2.05, 4.69) is 22.9 Å². The number of nitrogens with zero attached hydrogens (tertiary/aromatic N) is 2. The number of carbonyl (C=O) groups is 2. The third kappa shape index (κ3) is 6.07. The minimum absolute atomic E-state index is 0.225. The van der Waals surface area contributed by atoms with Crippen molar-refractivity contribution in [2.24, 2.45) is 5.92 Å². The van der Waals surface area contributed by atoms with E-state index in [4.69, 9.17) is 9.47 Å². The Morgan fingerprint density at radius 3 is 2.50 bits per heavy atom. The van der Waals surface area contributed by atoms with Crippen LogP contribution in [0.25, 0.3) is 17.0 Å². The van der Waals surface area contributed by atoms with Gasteiger partial charge in [-0.2, -0.15) is 0 Å². The van der Waals surface area contributed by atoms with Crippen LogP contribution in [0.3, 0.4) is 0 Å². The molecule has 0 spiro atoms. The second-order valence-electron chi connectivity index (χ2n) is 8.64. The van der Waals surface area contributed by atoms with Crippen molar-refractivity contribution in [3.63, 3.8) is 0 Å². The molecule has 0 aliphatic carbocycles.